The molecule has 3 unspecified atom stereocenters. The van der Waals surface area contributed by atoms with Crippen molar-refractivity contribution in [1.29, 1.82) is 0 Å². The van der Waals surface area contributed by atoms with Crippen molar-refractivity contribution in [2.75, 3.05) is 0 Å². The van der Waals surface area contributed by atoms with Crippen LogP contribution in [0.1, 0.15) is 176 Å². The third-order valence-corrected chi connectivity index (χ3v) is 20.8. The van der Waals surface area contributed by atoms with E-state index in [2.05, 4.69) is 41.5 Å². The predicted octanol–water partition coefficient (Wildman–Crippen LogP) is 12.4. The van der Waals surface area contributed by atoms with Crippen LogP contribution in [-0.2, 0) is 0 Å². The van der Waals surface area contributed by atoms with E-state index >= 15 is 0 Å². The van der Waals surface area contributed by atoms with E-state index in [1.54, 1.807) is 21.7 Å². The topological polar surface area (TPSA) is 0 Å². The van der Waals surface area contributed by atoms with Crippen LogP contribution in [0, 0.1) is 11.8 Å². The summed E-state index contributed by atoms with van der Waals surface area (Å²) in [5.74, 6) is 1.75. The van der Waals surface area contributed by atoms with E-state index < -0.39 is 19.8 Å². The van der Waals surface area contributed by atoms with E-state index in [-0.39, 0.29) is 0 Å². The van der Waals surface area contributed by atoms with Gasteiger partial charge in [-0.1, -0.05) is 0 Å². The van der Waals surface area contributed by atoms with E-state index in [0.29, 0.717) is 5.25 Å². The Hall–Kier alpha value is 1.15. The van der Waals surface area contributed by atoms with Crippen LogP contribution in [0.4, 0.5) is 0 Å². The van der Waals surface area contributed by atoms with Gasteiger partial charge in [0.2, 0.25) is 0 Å². The summed E-state index contributed by atoms with van der Waals surface area (Å²) in [6.45, 7) is 14.2. The van der Waals surface area contributed by atoms with Gasteiger partial charge in [-0.05, 0) is 0 Å². The first-order valence-corrected chi connectivity index (χ1v) is 23.7. The third kappa shape index (κ3) is 25.2. The first-order valence-electron chi connectivity index (χ1n) is 16.6. The van der Waals surface area contributed by atoms with Crippen molar-refractivity contribution in [3.63, 3.8) is 0 Å². The average molecular weight is 618 g/mol. The molecule has 0 fully saturated rings. The fraction of sp³-hybridized carbons (Fsp3) is 1.00. The van der Waals surface area contributed by atoms with Gasteiger partial charge >= 0.3 is 239 Å². The summed E-state index contributed by atoms with van der Waals surface area (Å²) < 4.78 is 4.51. The molecule has 0 aromatic heterocycles. The van der Waals surface area contributed by atoms with Crippen molar-refractivity contribution in [2.24, 2.45) is 11.8 Å². The van der Waals surface area contributed by atoms with Crippen LogP contribution in [-0.4, -0.2) is 25.0 Å². The molecule has 0 heterocycles. The van der Waals surface area contributed by atoms with E-state index in [9.17, 15) is 0 Å². The molecule has 0 amide bonds. The SMILES string of the molecule is CCCCCCC[CH2][SnH]([CH2]CCC)[CH](CCCCCCC(C)C)CC(S)CCCCCCC(C)C. The van der Waals surface area contributed by atoms with E-state index in [0.717, 1.165) is 15.8 Å². The molecule has 0 aliphatic rings. The molecule has 0 aliphatic carbocycles. The first-order chi connectivity index (χ1) is 16.9. The van der Waals surface area contributed by atoms with Gasteiger partial charge in [0, 0.05) is 0 Å². The molecule has 35 heavy (non-hydrogen) atoms. The maximum absolute atomic E-state index is 5.20. The Morgan fingerprint density at radius 2 is 0.914 bits per heavy atom. The molecule has 0 nitrogen and oxygen atoms in total. The number of unbranched alkanes of at least 4 members (excludes halogenated alkanes) is 12. The van der Waals surface area contributed by atoms with Gasteiger partial charge in [0.1, 0.15) is 0 Å². The van der Waals surface area contributed by atoms with Gasteiger partial charge in [-0.3, -0.25) is 0 Å². The molecule has 3 atom stereocenters. The van der Waals surface area contributed by atoms with Gasteiger partial charge in [-0.2, -0.15) is 0 Å². The van der Waals surface area contributed by atoms with Crippen LogP contribution in [0.2, 0.25) is 12.8 Å². The zero-order valence-electron chi connectivity index (χ0n) is 25.6. The molecule has 0 aromatic rings. The summed E-state index contributed by atoms with van der Waals surface area (Å²) in [6.07, 6.45) is 30.7. The zero-order valence-corrected chi connectivity index (χ0v) is 29.8. The number of thiol groups is 1. The number of hydrogen-bond donors (Lipinski definition) is 1. The molecule has 0 spiro atoms. The summed E-state index contributed by atoms with van der Waals surface area (Å²) in [6, 6.07) is 0. The maximum atomic E-state index is 5.20. The number of rotatable bonds is 27. The van der Waals surface area contributed by atoms with Crippen LogP contribution in [0.25, 0.3) is 0 Å². The van der Waals surface area contributed by atoms with Gasteiger partial charge in [0.15, 0.2) is 0 Å². The monoisotopic (exact) mass is 618 g/mol. The van der Waals surface area contributed by atoms with E-state index in [1.807, 2.05) is 0 Å². The van der Waals surface area contributed by atoms with Crippen LogP contribution in [0.15, 0.2) is 0 Å². The van der Waals surface area contributed by atoms with Gasteiger partial charge in [-0.25, -0.2) is 0 Å². The second-order valence-electron chi connectivity index (χ2n) is 12.9. The number of hydrogen-bond acceptors (Lipinski definition) is 1. The standard InChI is InChI=1S/C21H43S.C8H17.C4H9.Sn.H/c1-19(2)15-11-7-5-6-8-13-17-21(22)18-14-10-9-12-16-20(3)4;1-3-5-7-8-6-4-2;1-3-4-2;;/h13,19-22H,5-12,14-18H2,1-4H3;1,3-8H2,2H3;1,3-4H2,2H3;;. The predicted molar refractivity (Wildman–Crippen MR) is 171 cm³/mol. The van der Waals surface area contributed by atoms with E-state index in [4.69, 9.17) is 12.6 Å². The van der Waals surface area contributed by atoms with Gasteiger partial charge < -0.3 is 0 Å². The van der Waals surface area contributed by atoms with Crippen LogP contribution in [0.3, 0.4) is 0 Å². The Morgan fingerprint density at radius 3 is 1.46 bits per heavy atom. The molecular formula is C33H70SSn. The van der Waals surface area contributed by atoms with Gasteiger partial charge in [0.05, 0.1) is 0 Å². The van der Waals surface area contributed by atoms with Gasteiger partial charge in [0.25, 0.3) is 0 Å². The minimum atomic E-state index is -1.50. The van der Waals surface area contributed by atoms with E-state index in [1.165, 1.54) is 122 Å². The molecule has 0 bridgehead atoms. The Morgan fingerprint density at radius 1 is 0.486 bits per heavy atom. The molecule has 0 aromatic carbocycles. The average Bonchev–Trinajstić information content (AvgIpc) is 2.81. The summed E-state index contributed by atoms with van der Waals surface area (Å²) in [4.78, 5) is 0. The van der Waals surface area contributed by atoms with Crippen molar-refractivity contribution >= 4 is 32.4 Å². The summed E-state index contributed by atoms with van der Waals surface area (Å²) in [7, 11) is 0. The Bertz CT molecular complexity index is 408. The zero-order chi connectivity index (χ0) is 26.2. The second kappa shape index (κ2) is 26.7. The molecule has 0 radical (unpaired) electrons. The quantitative estimate of drug-likeness (QED) is 0.0529. The normalized spacial score (nSPS) is 14.7. The minimum absolute atomic E-state index is 0.677. The van der Waals surface area contributed by atoms with Crippen LogP contribution < -0.4 is 0 Å². The summed E-state index contributed by atoms with van der Waals surface area (Å²) in [5.41, 5.74) is 0. The first kappa shape index (κ1) is 36.1. The molecule has 0 aliphatic heterocycles. The van der Waals surface area contributed by atoms with Crippen molar-refractivity contribution in [3.05, 3.63) is 0 Å². The van der Waals surface area contributed by atoms with Crippen molar-refractivity contribution < 1.29 is 0 Å². The molecule has 0 rings (SSSR count). The molecular weight excluding hydrogens is 547 g/mol. The molecule has 0 saturated carbocycles. The van der Waals surface area contributed by atoms with Crippen molar-refractivity contribution in [3.8, 4) is 0 Å². The van der Waals surface area contributed by atoms with Crippen molar-refractivity contribution in [2.45, 2.75) is 194 Å². The van der Waals surface area contributed by atoms with Crippen LogP contribution >= 0.6 is 12.6 Å². The molecule has 0 N–H and O–H groups in total. The molecule has 0 saturated heterocycles. The van der Waals surface area contributed by atoms with Gasteiger partial charge in [-0.15, -0.1) is 0 Å². The summed E-state index contributed by atoms with van der Waals surface area (Å²) in [5, 5.41) is 0.677. The van der Waals surface area contributed by atoms with Crippen molar-refractivity contribution in [1.82, 2.24) is 0 Å². The third-order valence-electron chi connectivity index (χ3n) is 8.27. The Kier molecular flexibility index (Phi) is 27.6. The Balaban J connectivity index is 4.67. The second-order valence-corrected chi connectivity index (χ2v) is 23.9. The fourth-order valence-electron chi connectivity index (χ4n) is 5.88. The summed E-state index contributed by atoms with van der Waals surface area (Å²) >= 11 is 3.69. The fourth-order valence-corrected chi connectivity index (χ4v) is 19.5. The van der Waals surface area contributed by atoms with Crippen LogP contribution in [0.5, 0.6) is 0 Å². The molecule has 2 heteroatoms. The molecule has 212 valence electrons. The Labute approximate surface area is 237 Å².